The molecule has 1 amide bonds. The molecule has 1 heterocycles. The lowest BCUT2D eigenvalue weighted by molar-refractivity contribution is -0.272. The van der Waals surface area contributed by atoms with E-state index in [1.165, 1.54) is 4.90 Å². The SMILES string of the molecule is CCOOC(=O)[C@@H]1CCCN1C(=O)OCc1ccccc1. The van der Waals surface area contributed by atoms with Crippen molar-refractivity contribution in [1.82, 2.24) is 4.90 Å². The van der Waals surface area contributed by atoms with Gasteiger partial charge in [-0.15, -0.1) is 0 Å². The van der Waals surface area contributed by atoms with Crippen molar-refractivity contribution in [3.8, 4) is 0 Å². The van der Waals surface area contributed by atoms with Gasteiger partial charge >= 0.3 is 12.1 Å². The van der Waals surface area contributed by atoms with E-state index in [2.05, 4.69) is 9.78 Å². The first kappa shape index (κ1) is 15.3. The number of hydrogen-bond acceptors (Lipinski definition) is 5. The standard InChI is InChI=1S/C15H19NO5/c1-2-20-21-14(17)13-9-6-10-16(13)15(18)19-11-12-7-4-3-5-8-12/h3-5,7-8,13H,2,6,9-11H2,1H3/t13-/m0/s1. The van der Waals surface area contributed by atoms with Crippen LogP contribution in [0.5, 0.6) is 0 Å². The summed E-state index contributed by atoms with van der Waals surface area (Å²) < 4.78 is 5.24. The molecule has 1 fully saturated rings. The van der Waals surface area contributed by atoms with Gasteiger partial charge in [-0.05, 0) is 25.3 Å². The average molecular weight is 293 g/mol. The van der Waals surface area contributed by atoms with E-state index in [1.807, 2.05) is 30.3 Å². The maximum absolute atomic E-state index is 12.1. The zero-order valence-electron chi connectivity index (χ0n) is 12.0. The molecular weight excluding hydrogens is 274 g/mol. The van der Waals surface area contributed by atoms with Crippen molar-refractivity contribution in [3.05, 3.63) is 35.9 Å². The topological polar surface area (TPSA) is 65.1 Å². The van der Waals surface area contributed by atoms with Gasteiger partial charge in [0.15, 0.2) is 0 Å². The third-order valence-electron chi connectivity index (χ3n) is 3.22. The molecule has 0 N–H and O–H groups in total. The smallest absolute Gasteiger partial charge is 0.410 e. The number of carbonyl (C=O) groups is 2. The molecule has 0 unspecified atom stereocenters. The lowest BCUT2D eigenvalue weighted by Crippen LogP contribution is -2.41. The van der Waals surface area contributed by atoms with E-state index in [9.17, 15) is 9.59 Å². The molecule has 0 bridgehead atoms. The number of benzene rings is 1. The van der Waals surface area contributed by atoms with Crippen molar-refractivity contribution in [2.24, 2.45) is 0 Å². The molecule has 1 aromatic rings. The highest BCUT2D eigenvalue weighted by atomic mass is 17.2. The number of hydrogen-bond donors (Lipinski definition) is 0. The van der Waals surface area contributed by atoms with Crippen LogP contribution in [0.2, 0.25) is 0 Å². The summed E-state index contributed by atoms with van der Waals surface area (Å²) in [5, 5.41) is 0. The van der Waals surface area contributed by atoms with Crippen molar-refractivity contribution < 1.29 is 24.1 Å². The predicted octanol–water partition coefficient (Wildman–Crippen LogP) is 2.28. The molecular formula is C15H19NO5. The number of carbonyl (C=O) groups excluding carboxylic acids is 2. The van der Waals surface area contributed by atoms with Crippen LogP contribution < -0.4 is 0 Å². The fraction of sp³-hybridized carbons (Fsp3) is 0.467. The Morgan fingerprint density at radius 2 is 2.05 bits per heavy atom. The molecule has 1 aromatic carbocycles. The highest BCUT2D eigenvalue weighted by Crippen LogP contribution is 2.20. The Bertz CT molecular complexity index is 476. The maximum atomic E-state index is 12.1. The molecule has 1 saturated heterocycles. The Balaban J connectivity index is 1.87. The van der Waals surface area contributed by atoms with Gasteiger partial charge in [0.05, 0.1) is 6.61 Å². The first-order chi connectivity index (χ1) is 10.2. The highest BCUT2D eigenvalue weighted by Gasteiger charge is 2.36. The van der Waals surface area contributed by atoms with E-state index < -0.39 is 18.1 Å². The molecule has 0 radical (unpaired) electrons. The third kappa shape index (κ3) is 4.19. The Hall–Kier alpha value is -2.08. The van der Waals surface area contributed by atoms with Crippen LogP contribution in [0.1, 0.15) is 25.3 Å². The zero-order valence-corrected chi connectivity index (χ0v) is 12.0. The summed E-state index contributed by atoms with van der Waals surface area (Å²) in [4.78, 5) is 34.5. The summed E-state index contributed by atoms with van der Waals surface area (Å²) in [5.41, 5.74) is 0.901. The van der Waals surface area contributed by atoms with Crippen molar-refractivity contribution in [1.29, 1.82) is 0 Å². The summed E-state index contributed by atoms with van der Waals surface area (Å²) in [6.45, 7) is 2.66. The lowest BCUT2D eigenvalue weighted by atomic mass is 10.2. The van der Waals surface area contributed by atoms with Gasteiger partial charge in [0.25, 0.3) is 0 Å². The van der Waals surface area contributed by atoms with E-state index in [0.29, 0.717) is 13.0 Å². The van der Waals surface area contributed by atoms with Crippen molar-refractivity contribution >= 4 is 12.1 Å². The molecule has 21 heavy (non-hydrogen) atoms. The molecule has 1 aliphatic rings. The first-order valence-corrected chi connectivity index (χ1v) is 7.03. The zero-order chi connectivity index (χ0) is 15.1. The molecule has 6 heteroatoms. The van der Waals surface area contributed by atoms with Gasteiger partial charge in [0, 0.05) is 6.54 Å². The maximum Gasteiger partial charge on any atom is 0.410 e. The normalized spacial score (nSPS) is 17.6. The van der Waals surface area contributed by atoms with Crippen LogP contribution in [0.4, 0.5) is 4.79 Å². The number of nitrogens with zero attached hydrogens (tertiary/aromatic N) is 1. The van der Waals surface area contributed by atoms with Crippen LogP contribution >= 0.6 is 0 Å². The lowest BCUT2D eigenvalue weighted by Gasteiger charge is -2.21. The molecule has 0 aliphatic carbocycles. The second-order valence-electron chi connectivity index (χ2n) is 4.70. The predicted molar refractivity (Wildman–Crippen MR) is 74.1 cm³/mol. The number of rotatable bonds is 5. The molecule has 2 rings (SSSR count). The van der Waals surface area contributed by atoms with Crippen LogP contribution in [0.15, 0.2) is 30.3 Å². The Morgan fingerprint density at radius 3 is 2.76 bits per heavy atom. The van der Waals surface area contributed by atoms with Crippen molar-refractivity contribution in [2.45, 2.75) is 32.4 Å². The van der Waals surface area contributed by atoms with Gasteiger partial charge in [-0.3, -0.25) is 9.79 Å². The summed E-state index contributed by atoms with van der Waals surface area (Å²) in [7, 11) is 0. The van der Waals surface area contributed by atoms with Crippen LogP contribution in [0, 0.1) is 0 Å². The minimum atomic E-state index is -0.625. The van der Waals surface area contributed by atoms with E-state index in [1.54, 1.807) is 6.92 Å². The quantitative estimate of drug-likeness (QED) is 0.615. The second-order valence-corrected chi connectivity index (χ2v) is 4.70. The van der Waals surface area contributed by atoms with Crippen molar-refractivity contribution in [3.63, 3.8) is 0 Å². The second kappa shape index (κ2) is 7.64. The fourth-order valence-electron chi connectivity index (χ4n) is 2.21. The minimum Gasteiger partial charge on any atom is -0.445 e. The molecule has 0 spiro atoms. The van der Waals surface area contributed by atoms with Crippen molar-refractivity contribution in [2.75, 3.05) is 13.2 Å². The molecule has 1 aliphatic heterocycles. The van der Waals surface area contributed by atoms with Crippen LogP contribution in [0.25, 0.3) is 0 Å². The van der Waals surface area contributed by atoms with E-state index in [4.69, 9.17) is 4.74 Å². The van der Waals surface area contributed by atoms with Gasteiger partial charge in [0.2, 0.25) is 0 Å². The first-order valence-electron chi connectivity index (χ1n) is 7.03. The van der Waals surface area contributed by atoms with Gasteiger partial charge in [0.1, 0.15) is 12.6 Å². The summed E-state index contributed by atoms with van der Waals surface area (Å²) in [6, 6.07) is 8.77. The Morgan fingerprint density at radius 1 is 1.29 bits per heavy atom. The van der Waals surface area contributed by atoms with E-state index in [0.717, 1.165) is 12.0 Å². The van der Waals surface area contributed by atoms with Gasteiger partial charge in [-0.2, -0.15) is 4.89 Å². The largest absolute Gasteiger partial charge is 0.445 e. The Kier molecular flexibility index (Phi) is 5.57. The molecule has 114 valence electrons. The highest BCUT2D eigenvalue weighted by molar-refractivity contribution is 5.81. The number of amides is 1. The number of ether oxygens (including phenoxy) is 1. The molecule has 1 atom stereocenters. The fourth-order valence-corrected chi connectivity index (χ4v) is 2.21. The van der Waals surface area contributed by atoms with E-state index >= 15 is 0 Å². The molecule has 6 nitrogen and oxygen atoms in total. The van der Waals surface area contributed by atoms with Gasteiger partial charge in [-0.25, -0.2) is 9.59 Å². The van der Waals surface area contributed by atoms with Gasteiger partial charge < -0.3 is 4.74 Å². The monoisotopic (exact) mass is 293 g/mol. The summed E-state index contributed by atoms with van der Waals surface area (Å²) in [5.74, 6) is -0.550. The average Bonchev–Trinajstić information content (AvgIpc) is 3.01. The third-order valence-corrected chi connectivity index (χ3v) is 3.22. The van der Waals surface area contributed by atoms with Crippen LogP contribution in [-0.2, 0) is 25.9 Å². The van der Waals surface area contributed by atoms with E-state index in [-0.39, 0.29) is 13.2 Å². The summed E-state index contributed by atoms with van der Waals surface area (Å²) >= 11 is 0. The number of likely N-dealkylation sites (tertiary alicyclic amines) is 1. The molecule has 0 aromatic heterocycles. The minimum absolute atomic E-state index is 0.184. The molecule has 0 saturated carbocycles. The van der Waals surface area contributed by atoms with Gasteiger partial charge in [-0.1, -0.05) is 30.3 Å². The van der Waals surface area contributed by atoms with Crippen LogP contribution in [-0.4, -0.2) is 36.2 Å². The summed E-state index contributed by atoms with van der Waals surface area (Å²) in [6.07, 6.45) is 0.799. The Labute approximate surface area is 123 Å². The van der Waals surface area contributed by atoms with Crippen LogP contribution in [0.3, 0.4) is 0 Å².